The number of hydrogen-bond donors (Lipinski definition) is 0. The summed E-state index contributed by atoms with van der Waals surface area (Å²) >= 11 is 0. The summed E-state index contributed by atoms with van der Waals surface area (Å²) in [6.45, 7) is 2.14. The first kappa shape index (κ1) is 14.5. The number of rotatable bonds is 2. The van der Waals surface area contributed by atoms with E-state index in [2.05, 4.69) is 0 Å². The molecule has 0 aliphatic carbocycles. The molecule has 3 rings (SSSR count). The third-order valence-electron chi connectivity index (χ3n) is 4.35. The second-order valence-electron chi connectivity index (χ2n) is 5.92. The Labute approximate surface area is 125 Å². The fourth-order valence-corrected chi connectivity index (χ4v) is 4.10. The molecular weight excluding hydrogens is 288 g/mol. The predicted molar refractivity (Wildman–Crippen MR) is 79.8 cm³/mol. The van der Waals surface area contributed by atoms with Gasteiger partial charge in [-0.3, -0.25) is 4.79 Å². The first-order chi connectivity index (χ1) is 9.95. The highest BCUT2D eigenvalue weighted by Crippen LogP contribution is 2.27. The number of benzene rings is 1. The highest BCUT2D eigenvalue weighted by molar-refractivity contribution is 7.88. The normalized spacial score (nSPS) is 23.1. The fraction of sp³-hybridized carbons (Fsp3) is 0.533. The maximum atomic E-state index is 12.6. The van der Waals surface area contributed by atoms with Crippen molar-refractivity contribution in [2.24, 2.45) is 5.92 Å². The van der Waals surface area contributed by atoms with E-state index in [9.17, 15) is 13.2 Å². The van der Waals surface area contributed by atoms with Crippen LogP contribution in [0.4, 0.5) is 0 Å². The third kappa shape index (κ3) is 2.96. The molecule has 1 saturated heterocycles. The Kier molecular flexibility index (Phi) is 3.75. The standard InChI is InChI=1S/C15H20N2O3S/c1-21(19,20)17-8-4-7-14(11-17)15(18)16-9-12-5-2-3-6-13(12)10-16/h2-3,5-6,14H,4,7-11H2,1H3/t14-/m0/s1. The molecule has 2 aliphatic heterocycles. The van der Waals surface area contributed by atoms with Crippen molar-refractivity contribution in [3.05, 3.63) is 35.4 Å². The summed E-state index contributed by atoms with van der Waals surface area (Å²) in [5.74, 6) is -0.123. The van der Waals surface area contributed by atoms with Crippen molar-refractivity contribution in [1.82, 2.24) is 9.21 Å². The van der Waals surface area contributed by atoms with Gasteiger partial charge >= 0.3 is 0 Å². The van der Waals surface area contributed by atoms with E-state index in [0.29, 0.717) is 26.2 Å². The van der Waals surface area contributed by atoms with Crippen molar-refractivity contribution in [2.75, 3.05) is 19.3 Å². The van der Waals surface area contributed by atoms with Crippen molar-refractivity contribution in [2.45, 2.75) is 25.9 Å². The van der Waals surface area contributed by atoms with Crippen LogP contribution in [0.5, 0.6) is 0 Å². The average Bonchev–Trinajstić information content (AvgIpc) is 2.89. The lowest BCUT2D eigenvalue weighted by molar-refractivity contribution is -0.137. The lowest BCUT2D eigenvalue weighted by Gasteiger charge is -2.32. The zero-order chi connectivity index (χ0) is 15.0. The van der Waals surface area contributed by atoms with Crippen LogP contribution in [0.25, 0.3) is 0 Å². The van der Waals surface area contributed by atoms with Crippen LogP contribution in [0.2, 0.25) is 0 Å². The molecular formula is C15H20N2O3S. The van der Waals surface area contributed by atoms with Gasteiger partial charge in [0.25, 0.3) is 0 Å². The molecule has 1 amide bonds. The van der Waals surface area contributed by atoms with E-state index < -0.39 is 10.0 Å². The molecule has 5 nitrogen and oxygen atoms in total. The molecule has 2 heterocycles. The zero-order valence-corrected chi connectivity index (χ0v) is 13.0. The first-order valence-electron chi connectivity index (χ1n) is 7.26. The molecule has 1 aromatic rings. The van der Waals surface area contributed by atoms with Gasteiger partial charge in [-0.25, -0.2) is 12.7 Å². The quantitative estimate of drug-likeness (QED) is 0.825. The number of amides is 1. The molecule has 1 fully saturated rings. The van der Waals surface area contributed by atoms with Gasteiger partial charge in [0.15, 0.2) is 0 Å². The van der Waals surface area contributed by atoms with Crippen molar-refractivity contribution in [3.8, 4) is 0 Å². The number of hydrogen-bond acceptors (Lipinski definition) is 3. The largest absolute Gasteiger partial charge is 0.334 e. The van der Waals surface area contributed by atoms with E-state index in [-0.39, 0.29) is 11.8 Å². The maximum Gasteiger partial charge on any atom is 0.227 e. The minimum absolute atomic E-state index is 0.0829. The van der Waals surface area contributed by atoms with Gasteiger partial charge < -0.3 is 4.90 Å². The number of piperidine rings is 1. The summed E-state index contributed by atoms with van der Waals surface area (Å²) in [6.07, 6.45) is 2.74. The third-order valence-corrected chi connectivity index (χ3v) is 5.62. The van der Waals surface area contributed by atoms with Crippen molar-refractivity contribution in [3.63, 3.8) is 0 Å². The number of carbonyl (C=O) groups excluding carboxylic acids is 1. The van der Waals surface area contributed by atoms with Crippen LogP contribution < -0.4 is 0 Å². The molecule has 0 N–H and O–H groups in total. The van der Waals surface area contributed by atoms with Gasteiger partial charge in [0.1, 0.15) is 0 Å². The van der Waals surface area contributed by atoms with Crippen LogP contribution in [-0.2, 0) is 27.9 Å². The molecule has 0 bridgehead atoms. The summed E-state index contributed by atoms with van der Waals surface area (Å²) in [4.78, 5) is 14.5. The fourth-order valence-electron chi connectivity index (χ4n) is 3.19. The van der Waals surface area contributed by atoms with Crippen LogP contribution >= 0.6 is 0 Å². The topological polar surface area (TPSA) is 57.7 Å². The van der Waals surface area contributed by atoms with Gasteiger partial charge in [0, 0.05) is 26.2 Å². The van der Waals surface area contributed by atoms with Gasteiger partial charge in [-0.1, -0.05) is 24.3 Å². The summed E-state index contributed by atoms with van der Waals surface area (Å²) in [5.41, 5.74) is 2.39. The van der Waals surface area contributed by atoms with Crippen molar-refractivity contribution < 1.29 is 13.2 Å². The average molecular weight is 308 g/mol. The van der Waals surface area contributed by atoms with E-state index in [1.807, 2.05) is 29.2 Å². The minimum atomic E-state index is -3.21. The second-order valence-corrected chi connectivity index (χ2v) is 7.91. The van der Waals surface area contributed by atoms with Gasteiger partial charge in [-0.2, -0.15) is 0 Å². The molecule has 0 radical (unpaired) electrons. The Morgan fingerprint density at radius 1 is 1.19 bits per heavy atom. The number of carbonyl (C=O) groups is 1. The summed E-state index contributed by atoms with van der Waals surface area (Å²) in [7, 11) is -3.21. The van der Waals surface area contributed by atoms with Crippen molar-refractivity contribution >= 4 is 15.9 Å². The summed E-state index contributed by atoms with van der Waals surface area (Å²) < 4.78 is 24.7. The first-order valence-corrected chi connectivity index (χ1v) is 9.10. The SMILES string of the molecule is CS(=O)(=O)N1CCC[C@H](C(=O)N2Cc3ccccc3C2)C1. The maximum absolute atomic E-state index is 12.6. The summed E-state index contributed by atoms with van der Waals surface area (Å²) in [6, 6.07) is 8.07. The van der Waals surface area contributed by atoms with Crippen molar-refractivity contribution in [1.29, 1.82) is 0 Å². The molecule has 0 aromatic heterocycles. The minimum Gasteiger partial charge on any atom is -0.334 e. The van der Waals surface area contributed by atoms with E-state index in [4.69, 9.17) is 0 Å². The number of sulfonamides is 1. The Balaban J connectivity index is 1.69. The predicted octanol–water partition coefficient (Wildman–Crippen LogP) is 1.20. The Hall–Kier alpha value is -1.40. The van der Waals surface area contributed by atoms with Gasteiger partial charge in [0.05, 0.1) is 12.2 Å². The molecule has 21 heavy (non-hydrogen) atoms. The second kappa shape index (κ2) is 5.42. The molecule has 0 saturated carbocycles. The van der Waals surface area contributed by atoms with Gasteiger partial charge in [-0.15, -0.1) is 0 Å². The van der Waals surface area contributed by atoms with Crippen LogP contribution in [0.1, 0.15) is 24.0 Å². The molecule has 6 heteroatoms. The van der Waals surface area contributed by atoms with Crippen LogP contribution in [0.3, 0.4) is 0 Å². The van der Waals surface area contributed by atoms with Gasteiger partial charge in [0.2, 0.25) is 15.9 Å². The van der Waals surface area contributed by atoms with Gasteiger partial charge in [-0.05, 0) is 24.0 Å². The lowest BCUT2D eigenvalue weighted by atomic mass is 9.98. The lowest BCUT2D eigenvalue weighted by Crippen LogP contribution is -2.45. The van der Waals surface area contributed by atoms with Crippen LogP contribution in [0.15, 0.2) is 24.3 Å². The van der Waals surface area contributed by atoms with E-state index in [1.54, 1.807) is 0 Å². The van der Waals surface area contributed by atoms with E-state index in [0.717, 1.165) is 12.8 Å². The van der Waals surface area contributed by atoms with Crippen LogP contribution in [0, 0.1) is 5.92 Å². The smallest absolute Gasteiger partial charge is 0.227 e. The van der Waals surface area contributed by atoms with E-state index >= 15 is 0 Å². The highest BCUT2D eigenvalue weighted by Gasteiger charge is 2.34. The number of nitrogens with zero attached hydrogens (tertiary/aromatic N) is 2. The monoisotopic (exact) mass is 308 g/mol. The van der Waals surface area contributed by atoms with E-state index in [1.165, 1.54) is 21.7 Å². The molecule has 2 aliphatic rings. The highest BCUT2D eigenvalue weighted by atomic mass is 32.2. The molecule has 0 unspecified atom stereocenters. The number of fused-ring (bicyclic) bond motifs is 1. The van der Waals surface area contributed by atoms with Crippen LogP contribution in [-0.4, -0.2) is 42.9 Å². The molecule has 1 aromatic carbocycles. The Morgan fingerprint density at radius 3 is 2.38 bits per heavy atom. The molecule has 1 atom stereocenters. The molecule has 0 spiro atoms. The molecule has 114 valence electrons. The summed E-state index contributed by atoms with van der Waals surface area (Å²) in [5, 5.41) is 0. The Bertz CT molecular complexity index is 632. The Morgan fingerprint density at radius 2 is 1.81 bits per heavy atom. The zero-order valence-electron chi connectivity index (χ0n) is 12.2.